The Morgan fingerprint density at radius 1 is 1.02 bits per heavy atom. The van der Waals surface area contributed by atoms with E-state index in [0.717, 1.165) is 36.4 Å². The third-order valence-corrected chi connectivity index (χ3v) is 6.49. The van der Waals surface area contributed by atoms with Gasteiger partial charge < -0.3 is 10.1 Å². The van der Waals surface area contributed by atoms with E-state index >= 15 is 0 Å². The van der Waals surface area contributed by atoms with Crippen molar-refractivity contribution < 1.29 is 28.2 Å². The Kier molecular flexibility index (Phi) is 7.44. The number of aromatic nitrogens is 2. The first kappa shape index (κ1) is 27.6. The van der Waals surface area contributed by atoms with E-state index in [1.54, 1.807) is 0 Å². The van der Waals surface area contributed by atoms with Crippen LogP contribution in [0.25, 0.3) is 11.0 Å². The molecule has 0 aliphatic heterocycles. The summed E-state index contributed by atoms with van der Waals surface area (Å²) in [5, 5.41) is 42.2. The molecule has 4 rings (SSSR count). The van der Waals surface area contributed by atoms with Gasteiger partial charge in [-0.25, -0.2) is 24.0 Å². The second-order valence-electron chi connectivity index (χ2n) is 8.10. The van der Waals surface area contributed by atoms with E-state index in [0.29, 0.717) is 0 Å². The highest BCUT2D eigenvalue weighted by molar-refractivity contribution is 7.89. The summed E-state index contributed by atoms with van der Waals surface area (Å²) in [4.78, 5) is 52.6. The predicted octanol–water partition coefficient (Wildman–Crippen LogP) is 1.25. The minimum atomic E-state index is -4.31. The number of rotatable bonds is 8. The fourth-order valence-corrected chi connectivity index (χ4v) is 4.35. The number of hydrogen-bond donors (Lipinski definition) is 4. The van der Waals surface area contributed by atoms with Crippen LogP contribution in [0, 0.1) is 20.2 Å². The number of nitrogens with one attached hydrogen (secondary N) is 2. The molecule has 0 aliphatic rings. The molecule has 1 aromatic heterocycles. The normalized spacial score (nSPS) is 12.6. The van der Waals surface area contributed by atoms with Gasteiger partial charge in [0.05, 0.1) is 31.3 Å². The quantitative estimate of drug-likeness (QED) is 0.135. The van der Waals surface area contributed by atoms with Crippen LogP contribution < -0.4 is 16.1 Å². The zero-order chi connectivity index (χ0) is 29.2. The zero-order valence-corrected chi connectivity index (χ0v) is 20.7. The van der Waals surface area contributed by atoms with Crippen molar-refractivity contribution in [2.45, 2.75) is 11.0 Å². The van der Waals surface area contributed by atoms with Gasteiger partial charge in [-0.2, -0.15) is 5.10 Å². The molecule has 5 N–H and O–H groups in total. The standard InChI is InChI=1S/C23H17N7O9S/c24-40(38,39)18-4-2-1-3-15(18)22(32)28-27-19(21(31)12-5-7-13(8-6-12)29(34)35)20-23(33)26-17-11-14(30(36)37)9-10-16(17)25-20/h1-11,21,31H,(H,26,33)(H,28,32)(H2,24,38,39)/b27-19-/t21-/m0/s1. The van der Waals surface area contributed by atoms with Gasteiger partial charge in [-0.15, -0.1) is 0 Å². The van der Waals surface area contributed by atoms with Crippen molar-refractivity contribution in [3.05, 3.63) is 114 Å². The molecule has 4 aromatic rings. The van der Waals surface area contributed by atoms with Gasteiger partial charge in [0.25, 0.3) is 22.8 Å². The Labute approximate surface area is 223 Å². The molecule has 1 heterocycles. The van der Waals surface area contributed by atoms with Crippen LogP contribution in [-0.2, 0) is 10.0 Å². The van der Waals surface area contributed by atoms with Crippen LogP contribution in [0.4, 0.5) is 11.4 Å². The molecule has 0 radical (unpaired) electrons. The average Bonchev–Trinajstić information content (AvgIpc) is 2.92. The number of aliphatic hydroxyl groups is 1. The van der Waals surface area contributed by atoms with Gasteiger partial charge in [0.2, 0.25) is 10.0 Å². The summed E-state index contributed by atoms with van der Waals surface area (Å²) in [6.45, 7) is 0. The highest BCUT2D eigenvalue weighted by atomic mass is 32.2. The number of benzene rings is 3. The molecule has 17 heteroatoms. The summed E-state index contributed by atoms with van der Waals surface area (Å²) >= 11 is 0. The summed E-state index contributed by atoms with van der Waals surface area (Å²) in [6.07, 6.45) is -1.78. The number of sulfonamides is 1. The maximum atomic E-state index is 13.0. The molecule has 0 fully saturated rings. The van der Waals surface area contributed by atoms with Crippen LogP contribution in [0.2, 0.25) is 0 Å². The largest absolute Gasteiger partial charge is 0.382 e. The number of non-ortho nitro benzene ring substituents is 2. The molecule has 1 atom stereocenters. The maximum absolute atomic E-state index is 13.0. The third-order valence-electron chi connectivity index (χ3n) is 5.52. The van der Waals surface area contributed by atoms with E-state index in [2.05, 4.69) is 20.5 Å². The molecule has 0 unspecified atom stereocenters. The second-order valence-corrected chi connectivity index (χ2v) is 9.63. The molecule has 16 nitrogen and oxygen atoms in total. The van der Waals surface area contributed by atoms with Gasteiger partial charge in [0, 0.05) is 24.3 Å². The first-order valence-electron chi connectivity index (χ1n) is 11.0. The highest BCUT2D eigenvalue weighted by Crippen LogP contribution is 2.23. The van der Waals surface area contributed by atoms with E-state index in [4.69, 9.17) is 5.14 Å². The molecule has 0 saturated carbocycles. The van der Waals surface area contributed by atoms with Crippen LogP contribution in [0.15, 0.2) is 81.5 Å². The van der Waals surface area contributed by atoms with E-state index in [9.17, 15) is 43.3 Å². The molecular formula is C23H17N7O9S. The number of carbonyl (C=O) groups excluding carboxylic acids is 1. The fraction of sp³-hybridized carbons (Fsp3) is 0.0435. The Bertz CT molecular complexity index is 1870. The lowest BCUT2D eigenvalue weighted by Gasteiger charge is -2.14. The van der Waals surface area contributed by atoms with Crippen molar-refractivity contribution in [3.63, 3.8) is 0 Å². The molecule has 0 bridgehead atoms. The lowest BCUT2D eigenvalue weighted by molar-refractivity contribution is -0.385. The van der Waals surface area contributed by atoms with Gasteiger partial charge in [-0.05, 0) is 35.9 Å². The number of hydrogen-bond acceptors (Lipinski definition) is 11. The molecule has 0 saturated heterocycles. The number of nitro groups is 2. The summed E-state index contributed by atoms with van der Waals surface area (Å²) < 4.78 is 23.8. The average molecular weight is 567 g/mol. The van der Waals surface area contributed by atoms with Crippen LogP contribution in [0.5, 0.6) is 0 Å². The van der Waals surface area contributed by atoms with E-state index in [1.165, 1.54) is 30.3 Å². The topological polar surface area (TPSA) is 254 Å². The number of fused-ring (bicyclic) bond motifs is 1. The number of aliphatic hydroxyl groups excluding tert-OH is 1. The van der Waals surface area contributed by atoms with E-state index in [1.807, 2.05) is 0 Å². The lowest BCUT2D eigenvalue weighted by Crippen LogP contribution is -2.30. The van der Waals surface area contributed by atoms with Crippen LogP contribution in [0.3, 0.4) is 0 Å². The predicted molar refractivity (Wildman–Crippen MR) is 139 cm³/mol. The van der Waals surface area contributed by atoms with E-state index in [-0.39, 0.29) is 33.5 Å². The Morgan fingerprint density at radius 3 is 2.27 bits per heavy atom. The monoisotopic (exact) mass is 567 g/mol. The Balaban J connectivity index is 1.83. The van der Waals surface area contributed by atoms with Crippen molar-refractivity contribution in [1.29, 1.82) is 0 Å². The van der Waals surface area contributed by atoms with Crippen molar-refractivity contribution in [2.75, 3.05) is 0 Å². The Morgan fingerprint density at radius 2 is 1.65 bits per heavy atom. The molecular weight excluding hydrogens is 550 g/mol. The summed E-state index contributed by atoms with van der Waals surface area (Å²) in [6, 6.07) is 13.0. The highest BCUT2D eigenvalue weighted by Gasteiger charge is 2.25. The number of carbonyl (C=O) groups is 1. The first-order chi connectivity index (χ1) is 18.9. The molecule has 204 valence electrons. The third kappa shape index (κ3) is 5.70. The van der Waals surface area contributed by atoms with Gasteiger partial charge in [-0.3, -0.25) is 29.8 Å². The van der Waals surface area contributed by atoms with Crippen LogP contribution in [-0.4, -0.2) is 45.0 Å². The number of primary sulfonamides is 1. The number of amides is 1. The fourth-order valence-electron chi connectivity index (χ4n) is 3.61. The zero-order valence-electron chi connectivity index (χ0n) is 19.9. The summed E-state index contributed by atoms with van der Waals surface area (Å²) in [5.74, 6) is -1.06. The minimum Gasteiger partial charge on any atom is -0.382 e. The van der Waals surface area contributed by atoms with E-state index < -0.39 is 53.7 Å². The number of nitrogens with zero attached hydrogens (tertiary/aromatic N) is 4. The summed E-state index contributed by atoms with van der Waals surface area (Å²) in [7, 11) is -4.31. The van der Waals surface area contributed by atoms with Crippen molar-refractivity contribution in [3.8, 4) is 0 Å². The lowest BCUT2D eigenvalue weighted by atomic mass is 10.0. The molecule has 40 heavy (non-hydrogen) atoms. The maximum Gasteiger partial charge on any atom is 0.276 e. The Hall–Kier alpha value is -5.39. The number of aromatic amines is 1. The molecule has 0 spiro atoms. The van der Waals surface area contributed by atoms with Crippen molar-refractivity contribution in [2.24, 2.45) is 10.2 Å². The van der Waals surface area contributed by atoms with Gasteiger partial charge in [0.1, 0.15) is 11.8 Å². The summed E-state index contributed by atoms with van der Waals surface area (Å²) in [5.41, 5.74) is -0.828. The number of nitro benzene ring substituents is 2. The smallest absolute Gasteiger partial charge is 0.276 e. The first-order valence-corrected chi connectivity index (χ1v) is 12.5. The molecule has 3 aromatic carbocycles. The van der Waals surface area contributed by atoms with Crippen LogP contribution in [0.1, 0.15) is 27.7 Å². The second kappa shape index (κ2) is 10.8. The number of hydrazone groups is 1. The number of nitrogens with two attached hydrogens (primary N) is 1. The van der Waals surface area contributed by atoms with Crippen LogP contribution >= 0.6 is 0 Å². The van der Waals surface area contributed by atoms with Crippen molar-refractivity contribution >= 4 is 44.1 Å². The minimum absolute atomic E-state index is 0.00163. The van der Waals surface area contributed by atoms with Crippen molar-refractivity contribution in [1.82, 2.24) is 15.4 Å². The van der Waals surface area contributed by atoms with Gasteiger partial charge >= 0.3 is 0 Å². The van der Waals surface area contributed by atoms with Gasteiger partial charge in [-0.1, -0.05) is 12.1 Å². The number of H-pyrrole nitrogens is 1. The van der Waals surface area contributed by atoms with Gasteiger partial charge in [0.15, 0.2) is 5.69 Å². The molecule has 1 amide bonds. The molecule has 0 aliphatic carbocycles. The SMILES string of the molecule is NS(=O)(=O)c1ccccc1C(=O)N/N=C(/c1nc2ccc([N+](=O)[O-])cc2[nH]c1=O)[C@@H](O)c1ccc([N+](=O)[O-])cc1.